The third-order valence-electron chi connectivity index (χ3n) is 5.66. The fourth-order valence-corrected chi connectivity index (χ4v) is 4.66. The van der Waals surface area contributed by atoms with E-state index in [0.29, 0.717) is 27.3 Å². The second kappa shape index (κ2) is 10.1. The van der Waals surface area contributed by atoms with Gasteiger partial charge in [-0.25, -0.2) is 4.98 Å². The Labute approximate surface area is 202 Å². The molecule has 0 aliphatic rings. The Hall–Kier alpha value is -3.71. The van der Waals surface area contributed by atoms with Crippen LogP contribution in [0.15, 0.2) is 88.8 Å². The smallest absolute Gasteiger partial charge is 0.262 e. The summed E-state index contributed by atoms with van der Waals surface area (Å²) in [4.78, 5) is 42.6. The van der Waals surface area contributed by atoms with Gasteiger partial charge < -0.3 is 5.32 Å². The maximum atomic E-state index is 13.5. The van der Waals surface area contributed by atoms with Crippen LogP contribution in [0.2, 0.25) is 0 Å². The average molecular weight is 472 g/mol. The first-order chi connectivity index (χ1) is 16.3. The number of fused-ring (bicyclic) bond motifs is 1. The number of carbonyl (C=O) groups is 2. The van der Waals surface area contributed by atoms with Crippen molar-refractivity contribution in [3.63, 3.8) is 0 Å². The van der Waals surface area contributed by atoms with Crippen LogP contribution in [0.1, 0.15) is 42.7 Å². The highest BCUT2D eigenvalue weighted by Crippen LogP contribution is 2.28. The highest BCUT2D eigenvalue weighted by atomic mass is 32.2. The van der Waals surface area contributed by atoms with E-state index in [-0.39, 0.29) is 23.3 Å². The summed E-state index contributed by atoms with van der Waals surface area (Å²) < 4.78 is 1.66. The van der Waals surface area contributed by atoms with Crippen LogP contribution in [0.3, 0.4) is 0 Å². The number of ketones is 1. The van der Waals surface area contributed by atoms with E-state index in [1.807, 2.05) is 49.4 Å². The highest BCUT2D eigenvalue weighted by molar-refractivity contribution is 8.00. The molecule has 1 N–H and O–H groups in total. The van der Waals surface area contributed by atoms with Gasteiger partial charge in [-0.2, -0.15) is 0 Å². The first kappa shape index (κ1) is 23.4. The van der Waals surface area contributed by atoms with Crippen molar-refractivity contribution in [1.82, 2.24) is 9.55 Å². The Morgan fingerprint density at radius 2 is 1.56 bits per heavy atom. The van der Waals surface area contributed by atoms with Crippen LogP contribution in [-0.4, -0.2) is 26.5 Å². The third kappa shape index (κ3) is 4.94. The highest BCUT2D eigenvalue weighted by Gasteiger charge is 2.22. The Kier molecular flexibility index (Phi) is 6.93. The van der Waals surface area contributed by atoms with E-state index in [9.17, 15) is 14.4 Å². The normalized spacial score (nSPS) is 12.8. The van der Waals surface area contributed by atoms with Gasteiger partial charge in [0.1, 0.15) is 0 Å². The van der Waals surface area contributed by atoms with Gasteiger partial charge in [-0.1, -0.05) is 54.2 Å². The lowest BCUT2D eigenvalue weighted by Crippen LogP contribution is -2.29. The zero-order valence-corrected chi connectivity index (χ0v) is 20.0. The Balaban J connectivity index is 1.65. The van der Waals surface area contributed by atoms with Crippen molar-refractivity contribution in [2.45, 2.75) is 37.2 Å². The number of benzene rings is 3. The van der Waals surface area contributed by atoms with Crippen molar-refractivity contribution in [2.24, 2.45) is 0 Å². The molecular weight excluding hydrogens is 446 g/mol. The second-order valence-corrected chi connectivity index (χ2v) is 9.36. The molecule has 0 unspecified atom stereocenters. The number of rotatable bonds is 7. The Morgan fingerprint density at radius 3 is 2.24 bits per heavy atom. The molecule has 0 saturated carbocycles. The van der Waals surface area contributed by atoms with Gasteiger partial charge in [-0.3, -0.25) is 19.0 Å². The molecule has 0 radical (unpaired) electrons. The van der Waals surface area contributed by atoms with Gasteiger partial charge in [0, 0.05) is 11.3 Å². The summed E-state index contributed by atoms with van der Waals surface area (Å²) in [6.07, 6.45) is 0. The third-order valence-corrected chi connectivity index (χ3v) is 6.72. The number of anilines is 1. The molecule has 172 valence electrons. The molecule has 0 aliphatic carbocycles. The van der Waals surface area contributed by atoms with Crippen molar-refractivity contribution < 1.29 is 9.59 Å². The maximum Gasteiger partial charge on any atom is 0.262 e. The van der Waals surface area contributed by atoms with E-state index in [0.717, 1.165) is 5.56 Å². The average Bonchev–Trinajstić information content (AvgIpc) is 2.84. The van der Waals surface area contributed by atoms with Gasteiger partial charge in [0.05, 0.1) is 22.2 Å². The van der Waals surface area contributed by atoms with E-state index < -0.39 is 5.25 Å². The zero-order valence-electron chi connectivity index (χ0n) is 19.2. The van der Waals surface area contributed by atoms with Gasteiger partial charge in [-0.15, -0.1) is 0 Å². The van der Waals surface area contributed by atoms with E-state index in [4.69, 9.17) is 4.98 Å². The topological polar surface area (TPSA) is 81.1 Å². The number of thioether (sulfide) groups is 1. The minimum atomic E-state index is -0.519. The summed E-state index contributed by atoms with van der Waals surface area (Å²) in [6, 6.07) is 23.5. The number of carbonyl (C=O) groups excluding carboxylic acids is 2. The van der Waals surface area contributed by atoms with Crippen LogP contribution >= 0.6 is 11.8 Å². The summed E-state index contributed by atoms with van der Waals surface area (Å²) in [7, 11) is 0. The molecule has 0 aliphatic heterocycles. The van der Waals surface area contributed by atoms with Crippen molar-refractivity contribution in [2.75, 3.05) is 5.32 Å². The molecule has 1 aromatic heterocycles. The van der Waals surface area contributed by atoms with Crippen LogP contribution in [-0.2, 0) is 4.79 Å². The lowest BCUT2D eigenvalue weighted by molar-refractivity contribution is -0.115. The van der Waals surface area contributed by atoms with Crippen LogP contribution < -0.4 is 10.9 Å². The molecule has 4 aromatic rings. The molecule has 7 heteroatoms. The molecule has 1 amide bonds. The molecular formula is C27H25N3O3S. The molecule has 0 spiro atoms. The minimum absolute atomic E-state index is 0.0327. The summed E-state index contributed by atoms with van der Waals surface area (Å²) in [5, 5.41) is 3.38. The summed E-state index contributed by atoms with van der Waals surface area (Å²) in [6.45, 7) is 5.24. The lowest BCUT2D eigenvalue weighted by Gasteiger charge is -2.21. The second-order valence-electron chi connectivity index (χ2n) is 8.06. The molecule has 0 fully saturated rings. The number of para-hydroxylation sites is 1. The van der Waals surface area contributed by atoms with E-state index >= 15 is 0 Å². The quantitative estimate of drug-likeness (QED) is 0.224. The predicted octanol–water partition coefficient (Wildman–Crippen LogP) is 5.33. The van der Waals surface area contributed by atoms with Crippen molar-refractivity contribution >= 4 is 40.0 Å². The van der Waals surface area contributed by atoms with Crippen molar-refractivity contribution in [3.8, 4) is 0 Å². The van der Waals surface area contributed by atoms with Gasteiger partial charge >= 0.3 is 0 Å². The number of amides is 1. The number of hydrogen-bond acceptors (Lipinski definition) is 5. The SMILES string of the molecule is CC(=O)c1ccc(NC(=O)[C@H](C)Sc2nc3ccccc3c(=O)n2[C@@H](C)c2ccccc2)cc1. The van der Waals surface area contributed by atoms with E-state index in [2.05, 4.69) is 5.32 Å². The number of nitrogens with one attached hydrogen (secondary N) is 1. The fourth-order valence-electron chi connectivity index (χ4n) is 3.67. The number of aromatic nitrogens is 2. The molecule has 6 nitrogen and oxygen atoms in total. The first-order valence-corrected chi connectivity index (χ1v) is 11.9. The standard InChI is InChI=1S/C27H25N3O3S/c1-17(20-9-5-4-6-10-20)30-26(33)23-11-7-8-12-24(23)29-27(30)34-19(3)25(32)28-22-15-13-21(14-16-22)18(2)31/h4-17,19H,1-3H3,(H,28,32)/t17-,19-/m0/s1. The molecule has 34 heavy (non-hydrogen) atoms. The number of hydrogen-bond donors (Lipinski definition) is 1. The predicted molar refractivity (Wildman–Crippen MR) is 137 cm³/mol. The number of nitrogens with zero attached hydrogens (tertiary/aromatic N) is 2. The van der Waals surface area contributed by atoms with Crippen LogP contribution in [0, 0.1) is 0 Å². The number of Topliss-reactive ketones (excluding diaryl/α,β-unsaturated/α-hetero) is 1. The summed E-state index contributed by atoms with van der Waals surface area (Å²) >= 11 is 1.24. The van der Waals surface area contributed by atoms with Gasteiger partial charge in [0.2, 0.25) is 5.91 Å². The van der Waals surface area contributed by atoms with Crippen LogP contribution in [0.25, 0.3) is 10.9 Å². The van der Waals surface area contributed by atoms with Gasteiger partial charge in [-0.05, 0) is 62.7 Å². The van der Waals surface area contributed by atoms with Gasteiger partial charge in [0.25, 0.3) is 5.56 Å². The summed E-state index contributed by atoms with van der Waals surface area (Å²) in [5.74, 6) is -0.253. The van der Waals surface area contributed by atoms with Gasteiger partial charge in [0.15, 0.2) is 10.9 Å². The molecule has 1 heterocycles. The molecule has 0 saturated heterocycles. The minimum Gasteiger partial charge on any atom is -0.325 e. The monoisotopic (exact) mass is 471 g/mol. The molecule has 4 rings (SSSR count). The Morgan fingerprint density at radius 1 is 0.912 bits per heavy atom. The molecule has 0 bridgehead atoms. The van der Waals surface area contributed by atoms with E-state index in [1.54, 1.807) is 47.9 Å². The maximum absolute atomic E-state index is 13.5. The summed E-state index contributed by atoms with van der Waals surface area (Å²) in [5.41, 5.74) is 2.62. The first-order valence-electron chi connectivity index (χ1n) is 11.0. The zero-order chi connectivity index (χ0) is 24.2. The molecule has 3 aromatic carbocycles. The lowest BCUT2D eigenvalue weighted by atomic mass is 10.1. The molecule has 2 atom stereocenters. The van der Waals surface area contributed by atoms with Crippen LogP contribution in [0.4, 0.5) is 5.69 Å². The van der Waals surface area contributed by atoms with Crippen molar-refractivity contribution in [1.29, 1.82) is 0 Å². The fraction of sp³-hybridized carbons (Fsp3) is 0.185. The largest absolute Gasteiger partial charge is 0.325 e. The Bertz CT molecular complexity index is 1400. The van der Waals surface area contributed by atoms with E-state index in [1.165, 1.54) is 18.7 Å². The van der Waals surface area contributed by atoms with Crippen molar-refractivity contribution in [3.05, 3.63) is 100 Å². The van der Waals surface area contributed by atoms with Crippen LogP contribution in [0.5, 0.6) is 0 Å².